The Morgan fingerprint density at radius 1 is 1.44 bits per heavy atom. The van der Waals surface area contributed by atoms with E-state index in [1.165, 1.54) is 11.9 Å². The highest BCUT2D eigenvalue weighted by atomic mass is 16.3. The van der Waals surface area contributed by atoms with Crippen LogP contribution in [0.5, 0.6) is 0 Å². The smallest absolute Gasteiger partial charge is 0.233 e. The first-order chi connectivity index (χ1) is 7.68. The van der Waals surface area contributed by atoms with E-state index in [-0.39, 0.29) is 5.91 Å². The molecular formula is C12H14N2O2. The largest absolute Gasteiger partial charge is 0.464 e. The number of para-hydroxylation sites is 1. The molecule has 0 fully saturated rings. The Hall–Kier alpha value is -1.81. The molecule has 2 rings (SSSR count). The molecule has 1 N–H and O–H groups in total. The maximum Gasteiger partial charge on any atom is 0.233 e. The molecule has 0 aliphatic carbocycles. The van der Waals surface area contributed by atoms with Crippen molar-refractivity contribution in [3.05, 3.63) is 36.1 Å². The molecule has 4 nitrogen and oxygen atoms in total. The van der Waals surface area contributed by atoms with Crippen LogP contribution >= 0.6 is 0 Å². The van der Waals surface area contributed by atoms with Crippen LogP contribution in [0.25, 0.3) is 11.0 Å². The summed E-state index contributed by atoms with van der Waals surface area (Å²) in [6.45, 7) is 2.08. The van der Waals surface area contributed by atoms with Crippen molar-refractivity contribution in [3.63, 3.8) is 0 Å². The molecule has 4 heteroatoms. The molecule has 0 saturated heterocycles. The molecule has 0 radical (unpaired) electrons. The number of carbonyl (C=O) groups is 1. The molecule has 0 atom stereocenters. The van der Waals surface area contributed by atoms with Crippen molar-refractivity contribution in [2.75, 3.05) is 7.05 Å². The molecule has 2 aromatic rings. The summed E-state index contributed by atoms with van der Waals surface area (Å²) in [5, 5.41) is 2.53. The molecule has 0 unspecified atom stereocenters. The van der Waals surface area contributed by atoms with E-state index >= 15 is 0 Å². The number of benzene rings is 1. The van der Waals surface area contributed by atoms with Crippen LogP contribution in [0.15, 0.2) is 34.9 Å². The Labute approximate surface area is 93.8 Å². The van der Waals surface area contributed by atoms with Gasteiger partial charge in [-0.25, -0.2) is 5.43 Å². The minimum atomic E-state index is -0.0216. The first kappa shape index (κ1) is 10.7. The van der Waals surface area contributed by atoms with Gasteiger partial charge in [0.1, 0.15) is 5.58 Å². The van der Waals surface area contributed by atoms with Crippen molar-refractivity contribution in [3.8, 4) is 0 Å². The molecule has 0 bridgehead atoms. The van der Waals surface area contributed by atoms with Crippen molar-refractivity contribution >= 4 is 16.9 Å². The van der Waals surface area contributed by atoms with E-state index in [1.54, 1.807) is 13.3 Å². The van der Waals surface area contributed by atoms with Crippen LogP contribution in [0.4, 0.5) is 0 Å². The maximum atomic E-state index is 11.0. The van der Waals surface area contributed by atoms with Gasteiger partial charge in [-0.05, 0) is 6.07 Å². The number of hydrogen-bond acceptors (Lipinski definition) is 3. The van der Waals surface area contributed by atoms with Gasteiger partial charge in [0.2, 0.25) is 5.91 Å². The minimum absolute atomic E-state index is 0.0216. The fourth-order valence-corrected chi connectivity index (χ4v) is 1.51. The van der Waals surface area contributed by atoms with Crippen LogP contribution in [0, 0.1) is 0 Å². The summed E-state index contributed by atoms with van der Waals surface area (Å²) in [7, 11) is 1.70. The van der Waals surface area contributed by atoms with Crippen LogP contribution in [0.1, 0.15) is 12.5 Å². The highest BCUT2D eigenvalue weighted by molar-refractivity contribution is 5.80. The van der Waals surface area contributed by atoms with Crippen LogP contribution in [0.2, 0.25) is 0 Å². The second kappa shape index (κ2) is 4.37. The van der Waals surface area contributed by atoms with Crippen molar-refractivity contribution in [2.24, 2.45) is 0 Å². The van der Waals surface area contributed by atoms with E-state index in [4.69, 9.17) is 4.42 Å². The standard InChI is InChI=1S/C12H14N2O2/c1-9(15)14(2)13-8-11-5-3-4-10-6-7-16-12(10)11/h3-7,13H,8H2,1-2H3. The number of amides is 1. The zero-order valence-electron chi connectivity index (χ0n) is 9.36. The fourth-order valence-electron chi connectivity index (χ4n) is 1.51. The summed E-state index contributed by atoms with van der Waals surface area (Å²) in [6, 6.07) is 7.87. The van der Waals surface area contributed by atoms with E-state index in [9.17, 15) is 4.79 Å². The van der Waals surface area contributed by atoms with Gasteiger partial charge >= 0.3 is 0 Å². The average Bonchev–Trinajstić information content (AvgIpc) is 2.73. The van der Waals surface area contributed by atoms with Gasteiger partial charge in [0, 0.05) is 31.5 Å². The Morgan fingerprint density at radius 2 is 2.25 bits per heavy atom. The first-order valence-electron chi connectivity index (χ1n) is 5.11. The van der Waals surface area contributed by atoms with Gasteiger partial charge in [0.15, 0.2) is 0 Å². The minimum Gasteiger partial charge on any atom is -0.464 e. The summed E-state index contributed by atoms with van der Waals surface area (Å²) in [5.41, 5.74) is 4.91. The monoisotopic (exact) mass is 218 g/mol. The van der Waals surface area contributed by atoms with E-state index < -0.39 is 0 Å². The molecule has 1 aromatic heterocycles. The number of hydrogen-bond donors (Lipinski definition) is 1. The van der Waals surface area contributed by atoms with Crippen LogP contribution < -0.4 is 5.43 Å². The van der Waals surface area contributed by atoms with E-state index in [1.807, 2.05) is 24.3 Å². The summed E-state index contributed by atoms with van der Waals surface area (Å²) < 4.78 is 5.40. The van der Waals surface area contributed by atoms with Crippen molar-refractivity contribution in [2.45, 2.75) is 13.5 Å². The maximum absolute atomic E-state index is 11.0. The summed E-state index contributed by atoms with van der Waals surface area (Å²) in [4.78, 5) is 11.0. The normalized spacial score (nSPS) is 10.6. The third-order valence-corrected chi connectivity index (χ3v) is 2.54. The average molecular weight is 218 g/mol. The van der Waals surface area contributed by atoms with Gasteiger partial charge in [0.05, 0.1) is 6.26 Å². The molecule has 1 aromatic carbocycles. The lowest BCUT2D eigenvalue weighted by Gasteiger charge is -2.16. The summed E-state index contributed by atoms with van der Waals surface area (Å²) in [6.07, 6.45) is 1.67. The van der Waals surface area contributed by atoms with Gasteiger partial charge in [-0.2, -0.15) is 0 Å². The second-order valence-electron chi connectivity index (χ2n) is 3.67. The van der Waals surface area contributed by atoms with Crippen LogP contribution in [-0.2, 0) is 11.3 Å². The molecule has 1 heterocycles. The SMILES string of the molecule is CC(=O)N(C)NCc1cccc2ccoc12. The van der Waals surface area contributed by atoms with Crippen molar-refractivity contribution < 1.29 is 9.21 Å². The second-order valence-corrected chi connectivity index (χ2v) is 3.67. The molecule has 0 spiro atoms. The Morgan fingerprint density at radius 3 is 3.00 bits per heavy atom. The number of rotatable bonds is 3. The van der Waals surface area contributed by atoms with E-state index in [0.29, 0.717) is 6.54 Å². The van der Waals surface area contributed by atoms with Crippen LogP contribution in [0.3, 0.4) is 0 Å². The topological polar surface area (TPSA) is 45.5 Å². The lowest BCUT2D eigenvalue weighted by molar-refractivity contribution is -0.130. The molecule has 0 aliphatic heterocycles. The zero-order chi connectivity index (χ0) is 11.5. The van der Waals surface area contributed by atoms with Crippen molar-refractivity contribution in [1.82, 2.24) is 10.4 Å². The van der Waals surface area contributed by atoms with Gasteiger partial charge < -0.3 is 4.42 Å². The fraction of sp³-hybridized carbons (Fsp3) is 0.250. The molecule has 16 heavy (non-hydrogen) atoms. The van der Waals surface area contributed by atoms with E-state index in [0.717, 1.165) is 16.5 Å². The lowest BCUT2D eigenvalue weighted by Crippen LogP contribution is -2.37. The number of fused-ring (bicyclic) bond motifs is 1. The third-order valence-electron chi connectivity index (χ3n) is 2.54. The molecule has 1 amide bonds. The van der Waals surface area contributed by atoms with Crippen LogP contribution in [-0.4, -0.2) is 18.0 Å². The van der Waals surface area contributed by atoms with Gasteiger partial charge in [-0.1, -0.05) is 18.2 Å². The summed E-state index contributed by atoms with van der Waals surface area (Å²) in [5.74, 6) is -0.0216. The number of nitrogens with zero attached hydrogens (tertiary/aromatic N) is 1. The van der Waals surface area contributed by atoms with Crippen molar-refractivity contribution in [1.29, 1.82) is 0 Å². The number of nitrogens with one attached hydrogen (secondary N) is 1. The molecule has 0 saturated carbocycles. The predicted molar refractivity (Wildman–Crippen MR) is 61.5 cm³/mol. The van der Waals surface area contributed by atoms with Gasteiger partial charge in [-0.3, -0.25) is 9.80 Å². The number of hydrazine groups is 1. The Bertz CT molecular complexity index is 504. The number of carbonyl (C=O) groups excluding carboxylic acids is 1. The summed E-state index contributed by atoms with van der Waals surface area (Å²) >= 11 is 0. The Kier molecular flexibility index (Phi) is 2.92. The number of furan rings is 1. The zero-order valence-corrected chi connectivity index (χ0v) is 9.36. The predicted octanol–water partition coefficient (Wildman–Crippen LogP) is 1.92. The molecule has 0 aliphatic rings. The van der Waals surface area contributed by atoms with E-state index in [2.05, 4.69) is 5.43 Å². The lowest BCUT2D eigenvalue weighted by atomic mass is 10.1. The van der Waals surface area contributed by atoms with Gasteiger partial charge in [-0.15, -0.1) is 0 Å². The molecule has 84 valence electrons. The first-order valence-corrected chi connectivity index (χ1v) is 5.11. The van der Waals surface area contributed by atoms with Gasteiger partial charge in [0.25, 0.3) is 0 Å². The highest BCUT2D eigenvalue weighted by Gasteiger charge is 2.05. The third kappa shape index (κ3) is 2.06. The molecular weight excluding hydrogens is 204 g/mol. The quantitative estimate of drug-likeness (QED) is 0.800. The highest BCUT2D eigenvalue weighted by Crippen LogP contribution is 2.19. The Balaban J connectivity index is 2.15.